The average molecular weight is 253 g/mol. The monoisotopic (exact) mass is 253 g/mol. The van der Waals surface area contributed by atoms with Crippen molar-refractivity contribution < 1.29 is 13.5 Å². The number of aryl methyl sites for hydroxylation is 1. The molecule has 0 saturated carbocycles. The van der Waals surface area contributed by atoms with Crippen LogP contribution in [0.4, 0.5) is 5.69 Å². The van der Waals surface area contributed by atoms with E-state index in [1.165, 1.54) is 18.3 Å². The lowest BCUT2D eigenvalue weighted by atomic mass is 10.2. The van der Waals surface area contributed by atoms with E-state index < -0.39 is 10.0 Å². The number of phenols is 1. The van der Waals surface area contributed by atoms with E-state index in [9.17, 15) is 13.5 Å². The molecule has 0 spiro atoms. The van der Waals surface area contributed by atoms with E-state index in [2.05, 4.69) is 14.9 Å². The summed E-state index contributed by atoms with van der Waals surface area (Å²) in [5.41, 5.74) is 0.801. The standard InChI is InChI=1S/C10H11N3O3S/c1-7-3-2-4-8(14)10(7)13-17(15,16)9-5-6-11-12-9/h2-6,13-14H,1H3,(H,11,12). The first kappa shape index (κ1) is 11.5. The van der Waals surface area contributed by atoms with Crippen LogP contribution in [0.1, 0.15) is 5.56 Å². The lowest BCUT2D eigenvalue weighted by molar-refractivity contribution is 0.477. The number of aromatic nitrogens is 2. The maximum Gasteiger partial charge on any atom is 0.278 e. The lowest BCUT2D eigenvalue weighted by Crippen LogP contribution is -2.14. The van der Waals surface area contributed by atoms with Crippen LogP contribution in [0.5, 0.6) is 5.75 Å². The van der Waals surface area contributed by atoms with Gasteiger partial charge in [-0.2, -0.15) is 13.5 Å². The molecule has 7 heteroatoms. The van der Waals surface area contributed by atoms with Gasteiger partial charge in [-0.1, -0.05) is 12.1 Å². The van der Waals surface area contributed by atoms with Gasteiger partial charge in [0.15, 0.2) is 5.03 Å². The fraction of sp³-hybridized carbons (Fsp3) is 0.100. The maximum absolute atomic E-state index is 11.9. The predicted octanol–water partition coefficient (Wildman–Crippen LogP) is 1.22. The van der Waals surface area contributed by atoms with Crippen LogP contribution in [-0.4, -0.2) is 23.7 Å². The Morgan fingerprint density at radius 3 is 2.71 bits per heavy atom. The number of rotatable bonds is 3. The van der Waals surface area contributed by atoms with Gasteiger partial charge in [-0.05, 0) is 24.6 Å². The van der Waals surface area contributed by atoms with Crippen LogP contribution in [0.25, 0.3) is 0 Å². The zero-order valence-corrected chi connectivity index (χ0v) is 9.82. The highest BCUT2D eigenvalue weighted by Gasteiger charge is 2.18. The molecule has 1 aromatic carbocycles. The molecule has 0 radical (unpaired) electrons. The number of nitrogens with zero attached hydrogens (tertiary/aromatic N) is 1. The second-order valence-corrected chi connectivity index (χ2v) is 5.15. The Balaban J connectivity index is 2.40. The first-order valence-corrected chi connectivity index (χ1v) is 6.30. The van der Waals surface area contributed by atoms with Crippen molar-refractivity contribution in [2.45, 2.75) is 11.9 Å². The summed E-state index contributed by atoms with van der Waals surface area (Å²) < 4.78 is 26.1. The SMILES string of the molecule is Cc1cccc(O)c1NS(=O)(=O)c1ccn[nH]1. The molecular weight excluding hydrogens is 242 g/mol. The fourth-order valence-corrected chi connectivity index (χ4v) is 2.42. The van der Waals surface area contributed by atoms with E-state index >= 15 is 0 Å². The zero-order chi connectivity index (χ0) is 12.5. The molecule has 1 aromatic heterocycles. The van der Waals surface area contributed by atoms with Gasteiger partial charge in [0.05, 0.1) is 11.9 Å². The molecule has 0 atom stereocenters. The molecule has 0 aliphatic rings. The number of aromatic hydroxyl groups is 1. The first-order valence-electron chi connectivity index (χ1n) is 4.81. The highest BCUT2D eigenvalue weighted by Crippen LogP contribution is 2.28. The number of hydrogen-bond donors (Lipinski definition) is 3. The van der Waals surface area contributed by atoms with Crippen LogP contribution < -0.4 is 4.72 Å². The second kappa shape index (κ2) is 4.10. The van der Waals surface area contributed by atoms with Gasteiger partial charge in [-0.25, -0.2) is 0 Å². The Morgan fingerprint density at radius 2 is 2.12 bits per heavy atom. The van der Waals surface area contributed by atoms with Gasteiger partial charge in [-0.3, -0.25) is 9.82 Å². The van der Waals surface area contributed by atoms with E-state index in [1.54, 1.807) is 19.1 Å². The smallest absolute Gasteiger partial charge is 0.278 e. The minimum absolute atomic E-state index is 0.0554. The molecule has 0 aliphatic heterocycles. The Bertz CT molecular complexity index is 600. The van der Waals surface area contributed by atoms with Gasteiger partial charge in [-0.15, -0.1) is 0 Å². The molecule has 3 N–H and O–H groups in total. The van der Waals surface area contributed by atoms with Crippen LogP contribution in [-0.2, 0) is 10.0 Å². The number of nitrogens with one attached hydrogen (secondary N) is 2. The number of H-pyrrole nitrogens is 1. The average Bonchev–Trinajstić information content (AvgIpc) is 2.77. The van der Waals surface area contributed by atoms with Crippen LogP contribution in [0.3, 0.4) is 0 Å². The Labute approximate surface area is 98.4 Å². The Kier molecular flexibility index (Phi) is 2.76. The first-order chi connectivity index (χ1) is 8.00. The molecule has 0 amide bonds. The fourth-order valence-electron chi connectivity index (χ4n) is 1.37. The summed E-state index contributed by atoms with van der Waals surface area (Å²) in [4.78, 5) is 0. The van der Waals surface area contributed by atoms with E-state index in [0.717, 1.165) is 0 Å². The van der Waals surface area contributed by atoms with Gasteiger partial charge < -0.3 is 5.11 Å². The second-order valence-electron chi connectivity index (χ2n) is 3.50. The number of phenolic OH excluding ortho intramolecular Hbond substituents is 1. The number of benzene rings is 1. The largest absolute Gasteiger partial charge is 0.506 e. The molecule has 0 aliphatic carbocycles. The molecule has 0 unspecified atom stereocenters. The number of para-hydroxylation sites is 1. The number of anilines is 1. The van der Waals surface area contributed by atoms with E-state index in [-0.39, 0.29) is 16.5 Å². The summed E-state index contributed by atoms with van der Waals surface area (Å²) >= 11 is 0. The normalized spacial score (nSPS) is 11.4. The molecule has 17 heavy (non-hydrogen) atoms. The van der Waals surface area contributed by atoms with E-state index in [4.69, 9.17) is 0 Å². The number of sulfonamides is 1. The van der Waals surface area contributed by atoms with E-state index in [1.807, 2.05) is 0 Å². The van der Waals surface area contributed by atoms with Crippen molar-refractivity contribution in [1.29, 1.82) is 0 Å². The molecule has 0 fully saturated rings. The molecule has 0 saturated heterocycles. The minimum Gasteiger partial charge on any atom is -0.506 e. The predicted molar refractivity (Wildman–Crippen MR) is 62.2 cm³/mol. The Hall–Kier alpha value is -2.02. The minimum atomic E-state index is -3.74. The van der Waals surface area contributed by atoms with Crippen molar-refractivity contribution in [3.05, 3.63) is 36.0 Å². The highest BCUT2D eigenvalue weighted by atomic mass is 32.2. The molecule has 90 valence electrons. The summed E-state index contributed by atoms with van der Waals surface area (Å²) in [6.07, 6.45) is 1.34. The highest BCUT2D eigenvalue weighted by molar-refractivity contribution is 7.92. The third kappa shape index (κ3) is 2.23. The molecule has 6 nitrogen and oxygen atoms in total. The van der Waals surface area contributed by atoms with Crippen LogP contribution >= 0.6 is 0 Å². The Morgan fingerprint density at radius 1 is 1.35 bits per heavy atom. The van der Waals surface area contributed by atoms with Gasteiger partial charge in [0.25, 0.3) is 10.0 Å². The molecule has 1 heterocycles. The number of aromatic amines is 1. The third-order valence-electron chi connectivity index (χ3n) is 2.25. The van der Waals surface area contributed by atoms with Crippen LogP contribution in [0.15, 0.2) is 35.5 Å². The van der Waals surface area contributed by atoms with Crippen molar-refractivity contribution in [1.82, 2.24) is 10.2 Å². The molecule has 2 aromatic rings. The molecule has 2 rings (SSSR count). The summed E-state index contributed by atoms with van der Waals surface area (Å²) in [6, 6.07) is 6.08. The topological polar surface area (TPSA) is 95.1 Å². The van der Waals surface area contributed by atoms with Crippen LogP contribution in [0, 0.1) is 6.92 Å². The van der Waals surface area contributed by atoms with Crippen molar-refractivity contribution in [3.8, 4) is 5.75 Å². The van der Waals surface area contributed by atoms with Crippen molar-refractivity contribution in [2.24, 2.45) is 0 Å². The number of hydrogen-bond acceptors (Lipinski definition) is 4. The zero-order valence-electron chi connectivity index (χ0n) is 9.01. The van der Waals surface area contributed by atoms with Crippen LogP contribution in [0.2, 0.25) is 0 Å². The van der Waals surface area contributed by atoms with Gasteiger partial charge >= 0.3 is 0 Å². The third-order valence-corrected chi connectivity index (χ3v) is 3.53. The summed E-state index contributed by atoms with van der Waals surface area (Å²) in [5, 5.41) is 15.5. The van der Waals surface area contributed by atoms with Crippen molar-refractivity contribution in [3.63, 3.8) is 0 Å². The summed E-state index contributed by atoms with van der Waals surface area (Å²) in [7, 11) is -3.74. The quantitative estimate of drug-likeness (QED) is 0.717. The summed E-state index contributed by atoms with van der Waals surface area (Å²) in [5.74, 6) is -0.118. The molecular formula is C10H11N3O3S. The van der Waals surface area contributed by atoms with Crippen molar-refractivity contribution >= 4 is 15.7 Å². The lowest BCUT2D eigenvalue weighted by Gasteiger charge is -2.10. The maximum atomic E-state index is 11.9. The molecule has 0 bridgehead atoms. The summed E-state index contributed by atoms with van der Waals surface area (Å²) in [6.45, 7) is 1.70. The van der Waals surface area contributed by atoms with Gasteiger partial charge in [0.1, 0.15) is 5.75 Å². The van der Waals surface area contributed by atoms with Gasteiger partial charge in [0, 0.05) is 0 Å². The van der Waals surface area contributed by atoms with Crippen molar-refractivity contribution in [2.75, 3.05) is 4.72 Å². The van der Waals surface area contributed by atoms with E-state index in [0.29, 0.717) is 5.56 Å². The van der Waals surface area contributed by atoms with Gasteiger partial charge in [0.2, 0.25) is 0 Å².